The standard InChI is InChI=1S/C14H21ClN2/c1-12-5-6-13(16-9-12)17-11-14(10-15)7-3-2-4-8-14/h5-6,9H,2-4,7-8,10-11H2,1H3,(H,16,17). The van der Waals surface area contributed by atoms with Gasteiger partial charge in [0.1, 0.15) is 5.82 Å². The van der Waals surface area contributed by atoms with Crippen LogP contribution in [0, 0.1) is 12.3 Å². The number of hydrogen-bond donors (Lipinski definition) is 1. The Balaban J connectivity index is 1.93. The molecule has 1 aliphatic carbocycles. The minimum absolute atomic E-state index is 0.284. The summed E-state index contributed by atoms with van der Waals surface area (Å²) in [6.07, 6.45) is 8.38. The first kappa shape index (κ1) is 12.7. The summed E-state index contributed by atoms with van der Waals surface area (Å²) < 4.78 is 0. The molecule has 2 rings (SSSR count). The van der Waals surface area contributed by atoms with Crippen LogP contribution in [-0.4, -0.2) is 17.4 Å². The van der Waals surface area contributed by atoms with Crippen molar-refractivity contribution >= 4 is 17.4 Å². The second-order valence-electron chi connectivity index (χ2n) is 5.27. The van der Waals surface area contributed by atoms with Crippen molar-refractivity contribution in [3.63, 3.8) is 0 Å². The molecule has 0 saturated heterocycles. The molecule has 1 aromatic rings. The van der Waals surface area contributed by atoms with Crippen LogP contribution < -0.4 is 5.32 Å². The lowest BCUT2D eigenvalue weighted by Gasteiger charge is -2.35. The predicted molar refractivity (Wildman–Crippen MR) is 73.7 cm³/mol. The fraction of sp³-hybridized carbons (Fsp3) is 0.643. The van der Waals surface area contributed by atoms with Gasteiger partial charge in [0.05, 0.1) is 0 Å². The molecule has 0 aromatic carbocycles. The normalized spacial score (nSPS) is 18.9. The molecule has 0 bridgehead atoms. The summed E-state index contributed by atoms with van der Waals surface area (Å²) in [5, 5.41) is 3.44. The van der Waals surface area contributed by atoms with E-state index in [1.54, 1.807) is 0 Å². The summed E-state index contributed by atoms with van der Waals surface area (Å²) in [5.41, 5.74) is 1.48. The van der Waals surface area contributed by atoms with Crippen molar-refractivity contribution in [1.82, 2.24) is 4.98 Å². The number of anilines is 1. The van der Waals surface area contributed by atoms with Gasteiger partial charge < -0.3 is 5.32 Å². The minimum Gasteiger partial charge on any atom is -0.369 e. The monoisotopic (exact) mass is 252 g/mol. The van der Waals surface area contributed by atoms with E-state index in [2.05, 4.69) is 23.3 Å². The fourth-order valence-electron chi connectivity index (χ4n) is 2.51. The Morgan fingerprint density at radius 2 is 2.06 bits per heavy atom. The molecule has 0 amide bonds. The van der Waals surface area contributed by atoms with Gasteiger partial charge in [-0.1, -0.05) is 25.3 Å². The van der Waals surface area contributed by atoms with Crippen LogP contribution in [0.5, 0.6) is 0 Å². The molecule has 3 heteroatoms. The zero-order valence-electron chi connectivity index (χ0n) is 10.5. The summed E-state index contributed by atoms with van der Waals surface area (Å²) in [4.78, 5) is 4.37. The Hall–Kier alpha value is -0.760. The quantitative estimate of drug-likeness (QED) is 0.820. The van der Waals surface area contributed by atoms with E-state index in [0.29, 0.717) is 0 Å². The van der Waals surface area contributed by atoms with Crippen LogP contribution in [0.2, 0.25) is 0 Å². The van der Waals surface area contributed by atoms with Gasteiger partial charge in [0.25, 0.3) is 0 Å². The van der Waals surface area contributed by atoms with Crippen LogP contribution in [0.15, 0.2) is 18.3 Å². The van der Waals surface area contributed by atoms with E-state index in [1.807, 2.05) is 12.3 Å². The number of nitrogens with one attached hydrogen (secondary N) is 1. The number of rotatable bonds is 4. The molecule has 0 aliphatic heterocycles. The maximum Gasteiger partial charge on any atom is 0.125 e. The van der Waals surface area contributed by atoms with Crippen molar-refractivity contribution in [3.8, 4) is 0 Å². The number of aromatic nitrogens is 1. The van der Waals surface area contributed by atoms with E-state index in [-0.39, 0.29) is 5.41 Å². The van der Waals surface area contributed by atoms with Crippen molar-refractivity contribution in [2.75, 3.05) is 17.7 Å². The first-order valence-corrected chi connectivity index (χ1v) is 7.00. The fourth-order valence-corrected chi connectivity index (χ4v) is 2.87. The molecule has 0 spiro atoms. The van der Waals surface area contributed by atoms with Gasteiger partial charge in [0, 0.05) is 24.0 Å². The van der Waals surface area contributed by atoms with Crippen LogP contribution in [0.25, 0.3) is 0 Å². The molecule has 94 valence electrons. The Labute approximate surface area is 109 Å². The van der Waals surface area contributed by atoms with Crippen LogP contribution in [0.1, 0.15) is 37.7 Å². The lowest BCUT2D eigenvalue weighted by atomic mass is 9.75. The second-order valence-corrected chi connectivity index (χ2v) is 5.54. The predicted octanol–water partition coefficient (Wildman–Crippen LogP) is 3.99. The molecular weight excluding hydrogens is 232 g/mol. The SMILES string of the molecule is Cc1ccc(NCC2(CCl)CCCCC2)nc1. The highest BCUT2D eigenvalue weighted by Gasteiger charge is 2.30. The van der Waals surface area contributed by atoms with Crippen molar-refractivity contribution in [2.24, 2.45) is 5.41 Å². The number of hydrogen-bond acceptors (Lipinski definition) is 2. The number of halogens is 1. The van der Waals surface area contributed by atoms with Gasteiger partial charge in [0.15, 0.2) is 0 Å². The van der Waals surface area contributed by atoms with Gasteiger partial charge in [-0.3, -0.25) is 0 Å². The van der Waals surface area contributed by atoms with Gasteiger partial charge in [-0.15, -0.1) is 11.6 Å². The van der Waals surface area contributed by atoms with Gasteiger partial charge >= 0.3 is 0 Å². The maximum atomic E-state index is 6.17. The summed E-state index contributed by atoms with van der Waals surface area (Å²) in [5.74, 6) is 1.72. The Morgan fingerprint density at radius 3 is 2.65 bits per heavy atom. The molecule has 0 atom stereocenters. The summed E-state index contributed by atoms with van der Waals surface area (Å²) >= 11 is 6.17. The highest BCUT2D eigenvalue weighted by atomic mass is 35.5. The van der Waals surface area contributed by atoms with Crippen LogP contribution in [0.4, 0.5) is 5.82 Å². The van der Waals surface area contributed by atoms with E-state index in [9.17, 15) is 0 Å². The molecule has 1 aliphatic rings. The van der Waals surface area contributed by atoms with E-state index >= 15 is 0 Å². The van der Waals surface area contributed by atoms with Crippen LogP contribution in [-0.2, 0) is 0 Å². The van der Waals surface area contributed by atoms with Crippen molar-refractivity contribution < 1.29 is 0 Å². The molecule has 2 nitrogen and oxygen atoms in total. The van der Waals surface area contributed by atoms with E-state index < -0.39 is 0 Å². The van der Waals surface area contributed by atoms with Crippen molar-refractivity contribution in [2.45, 2.75) is 39.0 Å². The van der Waals surface area contributed by atoms with Crippen LogP contribution in [0.3, 0.4) is 0 Å². The Kier molecular flexibility index (Phi) is 4.27. The highest BCUT2D eigenvalue weighted by Crippen LogP contribution is 2.37. The third-order valence-corrected chi connectivity index (χ3v) is 4.32. The van der Waals surface area contributed by atoms with Gasteiger partial charge in [-0.25, -0.2) is 4.98 Å². The van der Waals surface area contributed by atoms with Crippen molar-refractivity contribution in [3.05, 3.63) is 23.9 Å². The first-order valence-electron chi connectivity index (χ1n) is 6.47. The number of alkyl halides is 1. The number of nitrogens with zero attached hydrogens (tertiary/aromatic N) is 1. The third kappa shape index (κ3) is 3.35. The first-order chi connectivity index (χ1) is 8.24. The maximum absolute atomic E-state index is 6.17. The van der Waals surface area contributed by atoms with E-state index in [0.717, 1.165) is 18.2 Å². The molecule has 0 unspecified atom stereocenters. The van der Waals surface area contributed by atoms with Gasteiger partial charge in [-0.2, -0.15) is 0 Å². The molecule has 1 saturated carbocycles. The van der Waals surface area contributed by atoms with E-state index in [4.69, 9.17) is 11.6 Å². The van der Waals surface area contributed by atoms with Gasteiger partial charge in [-0.05, 0) is 31.4 Å². The molecule has 17 heavy (non-hydrogen) atoms. The average molecular weight is 253 g/mol. The molecule has 1 N–H and O–H groups in total. The Morgan fingerprint density at radius 1 is 1.29 bits per heavy atom. The third-order valence-electron chi connectivity index (χ3n) is 3.75. The van der Waals surface area contributed by atoms with Crippen LogP contribution >= 0.6 is 11.6 Å². The largest absolute Gasteiger partial charge is 0.369 e. The molecule has 1 fully saturated rings. The number of pyridine rings is 1. The zero-order chi connectivity index (χ0) is 12.1. The minimum atomic E-state index is 0.284. The van der Waals surface area contributed by atoms with Gasteiger partial charge in [0.2, 0.25) is 0 Å². The second kappa shape index (κ2) is 5.72. The summed E-state index contributed by atoms with van der Waals surface area (Å²) in [6.45, 7) is 3.00. The van der Waals surface area contributed by atoms with E-state index in [1.165, 1.54) is 37.7 Å². The average Bonchev–Trinajstić information content (AvgIpc) is 2.39. The lowest BCUT2D eigenvalue weighted by molar-refractivity contribution is 0.238. The molecule has 1 aromatic heterocycles. The highest BCUT2D eigenvalue weighted by molar-refractivity contribution is 6.18. The summed E-state index contributed by atoms with van der Waals surface area (Å²) in [6, 6.07) is 4.13. The molecular formula is C14H21ClN2. The topological polar surface area (TPSA) is 24.9 Å². The molecule has 0 radical (unpaired) electrons. The lowest BCUT2D eigenvalue weighted by Crippen LogP contribution is -2.34. The molecule has 1 heterocycles. The zero-order valence-corrected chi connectivity index (χ0v) is 11.3. The smallest absolute Gasteiger partial charge is 0.125 e. The Bertz CT molecular complexity index is 342. The number of aryl methyl sites for hydroxylation is 1. The van der Waals surface area contributed by atoms with Crippen molar-refractivity contribution in [1.29, 1.82) is 0 Å². The summed E-state index contributed by atoms with van der Waals surface area (Å²) in [7, 11) is 0.